The van der Waals surface area contributed by atoms with E-state index in [2.05, 4.69) is 10.3 Å². The zero-order valence-corrected chi connectivity index (χ0v) is 16.5. The van der Waals surface area contributed by atoms with Crippen LogP contribution in [0.3, 0.4) is 0 Å². The van der Waals surface area contributed by atoms with Crippen molar-refractivity contribution < 1.29 is 17.9 Å². The van der Waals surface area contributed by atoms with Gasteiger partial charge in [0.05, 0.1) is 12.0 Å². The van der Waals surface area contributed by atoms with Crippen molar-refractivity contribution in [3.05, 3.63) is 34.8 Å². The summed E-state index contributed by atoms with van der Waals surface area (Å²) >= 11 is 1.30. The van der Waals surface area contributed by atoms with Crippen LogP contribution in [-0.2, 0) is 14.8 Å². The molecule has 1 aliphatic rings. The summed E-state index contributed by atoms with van der Waals surface area (Å²) in [6.07, 6.45) is 2.72. The highest BCUT2D eigenvalue weighted by atomic mass is 32.2. The average Bonchev–Trinajstić information content (AvgIpc) is 3.25. The number of sulfonamides is 1. The molecule has 140 valence electrons. The number of nitrogens with one attached hydrogen (secondary N) is 1. The van der Waals surface area contributed by atoms with E-state index in [0.29, 0.717) is 41.4 Å². The number of amides is 1. The highest BCUT2D eigenvalue weighted by Gasteiger charge is 2.40. The van der Waals surface area contributed by atoms with Gasteiger partial charge in [0.25, 0.3) is 0 Å². The van der Waals surface area contributed by atoms with Crippen molar-refractivity contribution in [1.29, 1.82) is 0 Å². The van der Waals surface area contributed by atoms with Gasteiger partial charge in [-0.25, -0.2) is 13.4 Å². The summed E-state index contributed by atoms with van der Waals surface area (Å²) in [5, 5.41) is 4.93. The smallest absolute Gasteiger partial charge is 0.244 e. The second-order valence-electron chi connectivity index (χ2n) is 6.19. The molecule has 1 unspecified atom stereocenters. The number of benzene rings is 1. The van der Waals surface area contributed by atoms with Crippen LogP contribution in [0.5, 0.6) is 5.75 Å². The number of ether oxygens (including phenoxy) is 1. The zero-order valence-electron chi connectivity index (χ0n) is 14.9. The van der Waals surface area contributed by atoms with Crippen LogP contribution in [0.25, 0.3) is 0 Å². The fourth-order valence-corrected chi connectivity index (χ4v) is 5.92. The van der Waals surface area contributed by atoms with Gasteiger partial charge < -0.3 is 10.1 Å². The third-order valence-electron chi connectivity index (χ3n) is 4.41. The Bertz CT molecular complexity index is 887. The number of aryl methyl sites for hydroxylation is 2. The van der Waals surface area contributed by atoms with E-state index in [-0.39, 0.29) is 10.8 Å². The van der Waals surface area contributed by atoms with Crippen LogP contribution in [0.15, 0.2) is 28.6 Å². The predicted octanol–water partition coefficient (Wildman–Crippen LogP) is 2.56. The number of thiazole rings is 1. The van der Waals surface area contributed by atoms with E-state index in [0.717, 1.165) is 0 Å². The standard InChI is InChI=1S/C17H21N3O4S2/c1-11-9-13(24-3)10-12(2)15(11)26(22,23)20-7-4-5-14(20)16(21)19-17-18-6-8-25-17/h6,8-10,14H,4-5,7H2,1-3H3,(H,18,19,21). The Kier molecular flexibility index (Phi) is 5.31. The predicted molar refractivity (Wildman–Crippen MR) is 100 cm³/mol. The van der Waals surface area contributed by atoms with E-state index < -0.39 is 16.1 Å². The normalized spacial score (nSPS) is 18.0. The van der Waals surface area contributed by atoms with Crippen LogP contribution < -0.4 is 10.1 Å². The Morgan fingerprint density at radius 1 is 1.35 bits per heavy atom. The van der Waals surface area contributed by atoms with E-state index in [9.17, 15) is 13.2 Å². The first-order valence-corrected chi connectivity index (χ1v) is 10.5. The number of hydrogen-bond donors (Lipinski definition) is 1. The minimum absolute atomic E-state index is 0.243. The molecule has 3 rings (SSSR count). The van der Waals surface area contributed by atoms with Crippen molar-refractivity contribution in [2.45, 2.75) is 37.6 Å². The van der Waals surface area contributed by atoms with Crippen molar-refractivity contribution in [3.8, 4) is 5.75 Å². The second kappa shape index (κ2) is 7.34. The van der Waals surface area contributed by atoms with E-state index in [4.69, 9.17) is 4.74 Å². The lowest BCUT2D eigenvalue weighted by Gasteiger charge is -2.25. The first-order valence-electron chi connectivity index (χ1n) is 8.22. The number of carbonyl (C=O) groups is 1. The Balaban J connectivity index is 1.92. The van der Waals surface area contributed by atoms with Crippen molar-refractivity contribution in [2.75, 3.05) is 19.0 Å². The molecule has 0 radical (unpaired) electrons. The summed E-state index contributed by atoms with van der Waals surface area (Å²) in [6.45, 7) is 3.80. The molecule has 0 bridgehead atoms. The van der Waals surface area contributed by atoms with Gasteiger partial charge in [0, 0.05) is 18.1 Å². The van der Waals surface area contributed by atoms with Gasteiger partial charge in [-0.15, -0.1) is 11.3 Å². The molecule has 1 aliphatic heterocycles. The quantitative estimate of drug-likeness (QED) is 0.840. The van der Waals surface area contributed by atoms with E-state index >= 15 is 0 Å². The second-order valence-corrected chi connectivity index (χ2v) is 8.91. The number of anilines is 1. The van der Waals surface area contributed by atoms with Gasteiger partial charge >= 0.3 is 0 Å². The van der Waals surface area contributed by atoms with E-state index in [1.807, 2.05) is 0 Å². The maximum atomic E-state index is 13.3. The molecule has 1 fully saturated rings. The molecule has 0 aliphatic carbocycles. The van der Waals surface area contributed by atoms with Gasteiger partial charge in [0.1, 0.15) is 11.8 Å². The summed E-state index contributed by atoms with van der Waals surface area (Å²) in [5.74, 6) is 0.267. The summed E-state index contributed by atoms with van der Waals surface area (Å²) in [7, 11) is -2.25. The zero-order chi connectivity index (χ0) is 18.9. The SMILES string of the molecule is COc1cc(C)c(S(=O)(=O)N2CCCC2C(=O)Nc2nccs2)c(C)c1. The summed E-state index contributed by atoms with van der Waals surface area (Å²) < 4.78 is 33.1. The third kappa shape index (κ3) is 3.46. The number of hydrogen-bond acceptors (Lipinski definition) is 6. The van der Waals surface area contributed by atoms with Crippen LogP contribution >= 0.6 is 11.3 Å². The molecule has 9 heteroatoms. The lowest BCUT2D eigenvalue weighted by Crippen LogP contribution is -2.43. The molecule has 2 heterocycles. The number of nitrogens with zero attached hydrogens (tertiary/aromatic N) is 2. The Morgan fingerprint density at radius 3 is 2.62 bits per heavy atom. The van der Waals surface area contributed by atoms with Crippen LogP contribution in [0.4, 0.5) is 5.13 Å². The maximum absolute atomic E-state index is 13.3. The molecular formula is C17H21N3O4S2. The van der Waals surface area contributed by atoms with Crippen molar-refractivity contribution in [2.24, 2.45) is 0 Å². The Labute approximate surface area is 157 Å². The maximum Gasteiger partial charge on any atom is 0.244 e. The molecule has 1 N–H and O–H groups in total. The minimum atomic E-state index is -3.80. The lowest BCUT2D eigenvalue weighted by molar-refractivity contribution is -0.119. The highest BCUT2D eigenvalue weighted by molar-refractivity contribution is 7.89. The molecule has 1 aromatic heterocycles. The fourth-order valence-electron chi connectivity index (χ4n) is 3.32. The molecule has 1 saturated heterocycles. The van der Waals surface area contributed by atoms with E-state index in [1.165, 1.54) is 15.6 Å². The average molecular weight is 396 g/mol. The molecule has 0 spiro atoms. The van der Waals surface area contributed by atoms with Crippen LogP contribution in [0.1, 0.15) is 24.0 Å². The monoisotopic (exact) mass is 395 g/mol. The van der Waals surface area contributed by atoms with Crippen molar-refractivity contribution in [3.63, 3.8) is 0 Å². The summed E-state index contributed by atoms with van der Waals surface area (Å²) in [5.41, 5.74) is 1.21. The van der Waals surface area contributed by atoms with Gasteiger partial charge in [-0.1, -0.05) is 0 Å². The van der Waals surface area contributed by atoms with Gasteiger partial charge in [-0.2, -0.15) is 4.31 Å². The topological polar surface area (TPSA) is 88.6 Å². The molecule has 7 nitrogen and oxygen atoms in total. The molecule has 1 amide bonds. The summed E-state index contributed by atoms with van der Waals surface area (Å²) in [4.78, 5) is 16.9. The van der Waals surface area contributed by atoms with E-state index in [1.54, 1.807) is 44.7 Å². The van der Waals surface area contributed by atoms with Crippen LogP contribution in [0, 0.1) is 13.8 Å². The number of carbonyl (C=O) groups excluding carboxylic acids is 1. The van der Waals surface area contributed by atoms with Gasteiger partial charge in [-0.05, 0) is 49.9 Å². The van der Waals surface area contributed by atoms with Crippen LogP contribution in [-0.4, -0.2) is 43.3 Å². The Hall–Kier alpha value is -1.97. The number of rotatable bonds is 5. The Morgan fingerprint density at radius 2 is 2.04 bits per heavy atom. The lowest BCUT2D eigenvalue weighted by atomic mass is 10.1. The van der Waals surface area contributed by atoms with Gasteiger partial charge in [0.2, 0.25) is 15.9 Å². The van der Waals surface area contributed by atoms with Crippen molar-refractivity contribution >= 4 is 32.4 Å². The number of methoxy groups -OCH3 is 1. The minimum Gasteiger partial charge on any atom is -0.497 e. The first-order chi connectivity index (χ1) is 12.3. The molecule has 0 saturated carbocycles. The fraction of sp³-hybridized carbons (Fsp3) is 0.412. The molecule has 26 heavy (non-hydrogen) atoms. The molecule has 2 aromatic rings. The van der Waals surface area contributed by atoms with Crippen LogP contribution in [0.2, 0.25) is 0 Å². The van der Waals surface area contributed by atoms with Crippen molar-refractivity contribution in [1.82, 2.24) is 9.29 Å². The molecule has 1 atom stereocenters. The first kappa shape index (κ1) is 18.8. The summed E-state index contributed by atoms with van der Waals surface area (Å²) in [6, 6.07) is 2.66. The van der Waals surface area contributed by atoms with Gasteiger partial charge in [-0.3, -0.25) is 4.79 Å². The largest absolute Gasteiger partial charge is 0.497 e. The highest BCUT2D eigenvalue weighted by Crippen LogP contribution is 2.32. The van der Waals surface area contributed by atoms with Gasteiger partial charge in [0.15, 0.2) is 5.13 Å². The third-order valence-corrected chi connectivity index (χ3v) is 7.31. The molecule has 1 aromatic carbocycles. The number of aromatic nitrogens is 1. The molecular weight excluding hydrogens is 374 g/mol.